The first-order chi connectivity index (χ1) is 11.8. The number of carbonyl (C=O) groups is 1. The SMILES string of the molecule is O=C(OCC(F)(F)F)c1c(O)ccc2ccn(Cc3ccccc3)c12. The van der Waals surface area contributed by atoms with Crippen molar-refractivity contribution in [3.05, 3.63) is 65.9 Å². The maximum absolute atomic E-state index is 12.3. The number of carbonyl (C=O) groups excluding carboxylic acids is 1. The predicted octanol–water partition coefficient (Wildman–Crippen LogP) is 4.11. The van der Waals surface area contributed by atoms with Crippen LogP contribution < -0.4 is 0 Å². The molecule has 0 aliphatic rings. The second kappa shape index (κ2) is 6.51. The van der Waals surface area contributed by atoms with Gasteiger partial charge in [-0.15, -0.1) is 0 Å². The van der Waals surface area contributed by atoms with Crippen molar-refractivity contribution in [2.24, 2.45) is 0 Å². The van der Waals surface area contributed by atoms with Crippen molar-refractivity contribution in [2.45, 2.75) is 12.7 Å². The third-order valence-electron chi connectivity index (χ3n) is 3.68. The van der Waals surface area contributed by atoms with E-state index in [2.05, 4.69) is 4.74 Å². The molecule has 1 aromatic heterocycles. The Morgan fingerprint density at radius 2 is 1.80 bits per heavy atom. The maximum atomic E-state index is 12.3. The van der Waals surface area contributed by atoms with E-state index in [9.17, 15) is 23.1 Å². The van der Waals surface area contributed by atoms with Crippen LogP contribution in [-0.4, -0.2) is 28.4 Å². The van der Waals surface area contributed by atoms with E-state index < -0.39 is 24.5 Å². The van der Waals surface area contributed by atoms with Crippen LogP contribution >= 0.6 is 0 Å². The van der Waals surface area contributed by atoms with Crippen LogP contribution in [0.2, 0.25) is 0 Å². The number of hydrogen-bond acceptors (Lipinski definition) is 3. The minimum absolute atomic E-state index is 0.275. The van der Waals surface area contributed by atoms with E-state index in [1.165, 1.54) is 6.07 Å². The van der Waals surface area contributed by atoms with Crippen LogP contribution in [0, 0.1) is 0 Å². The Balaban J connectivity index is 2.01. The largest absolute Gasteiger partial charge is 0.507 e. The van der Waals surface area contributed by atoms with Gasteiger partial charge in [-0.25, -0.2) is 4.79 Å². The second-order valence-corrected chi connectivity index (χ2v) is 5.52. The van der Waals surface area contributed by atoms with Gasteiger partial charge in [0.05, 0.1) is 5.52 Å². The lowest BCUT2D eigenvalue weighted by atomic mass is 10.1. The highest BCUT2D eigenvalue weighted by molar-refractivity contribution is 6.05. The highest BCUT2D eigenvalue weighted by Crippen LogP contribution is 2.30. The Bertz CT molecular complexity index is 901. The monoisotopic (exact) mass is 349 g/mol. The summed E-state index contributed by atoms with van der Waals surface area (Å²) >= 11 is 0. The van der Waals surface area contributed by atoms with Gasteiger partial charge in [-0.1, -0.05) is 30.3 Å². The zero-order chi connectivity index (χ0) is 18.0. The van der Waals surface area contributed by atoms with E-state index in [4.69, 9.17) is 0 Å². The Labute approximate surface area is 141 Å². The third kappa shape index (κ3) is 3.76. The number of phenolic OH excluding ortho intramolecular Hbond substituents is 1. The number of hydrogen-bond donors (Lipinski definition) is 1. The summed E-state index contributed by atoms with van der Waals surface area (Å²) in [7, 11) is 0. The summed E-state index contributed by atoms with van der Waals surface area (Å²) in [5.74, 6) is -1.64. The van der Waals surface area contributed by atoms with Crippen LogP contribution in [0.25, 0.3) is 10.9 Å². The number of halogens is 3. The van der Waals surface area contributed by atoms with Crippen molar-refractivity contribution in [3.63, 3.8) is 0 Å². The summed E-state index contributed by atoms with van der Waals surface area (Å²) in [6.07, 6.45) is -2.93. The molecule has 0 spiro atoms. The number of fused-ring (bicyclic) bond motifs is 1. The molecule has 3 rings (SSSR count). The zero-order valence-electron chi connectivity index (χ0n) is 13.0. The molecule has 0 aliphatic heterocycles. The quantitative estimate of drug-likeness (QED) is 0.721. The molecular weight excluding hydrogens is 335 g/mol. The first-order valence-electron chi connectivity index (χ1n) is 7.44. The molecule has 0 fully saturated rings. The standard InChI is InChI=1S/C18H14F3NO3/c19-18(20,21)11-25-17(24)15-14(23)7-6-13-8-9-22(16(13)15)10-12-4-2-1-3-5-12/h1-9,23H,10-11H2. The Morgan fingerprint density at radius 1 is 1.08 bits per heavy atom. The number of benzene rings is 2. The number of nitrogens with zero attached hydrogens (tertiary/aromatic N) is 1. The van der Waals surface area contributed by atoms with E-state index in [0.29, 0.717) is 17.4 Å². The van der Waals surface area contributed by atoms with Crippen molar-refractivity contribution in [1.82, 2.24) is 4.57 Å². The van der Waals surface area contributed by atoms with E-state index in [0.717, 1.165) is 5.56 Å². The molecule has 1 heterocycles. The molecule has 0 amide bonds. The Kier molecular flexibility index (Phi) is 4.39. The third-order valence-corrected chi connectivity index (χ3v) is 3.68. The number of phenols is 1. The van der Waals surface area contributed by atoms with Gasteiger partial charge in [0.1, 0.15) is 11.3 Å². The fraction of sp³-hybridized carbons (Fsp3) is 0.167. The van der Waals surface area contributed by atoms with Crippen molar-refractivity contribution in [2.75, 3.05) is 6.61 Å². The van der Waals surface area contributed by atoms with Crippen molar-refractivity contribution in [3.8, 4) is 5.75 Å². The Hall–Kier alpha value is -2.96. The van der Waals surface area contributed by atoms with Crippen molar-refractivity contribution < 1.29 is 27.8 Å². The number of aromatic hydroxyl groups is 1. The molecule has 2 aromatic carbocycles. The number of alkyl halides is 3. The van der Waals surface area contributed by atoms with Gasteiger partial charge >= 0.3 is 12.1 Å². The van der Waals surface area contributed by atoms with Crippen LogP contribution in [0.1, 0.15) is 15.9 Å². The van der Waals surface area contributed by atoms with Crippen LogP contribution in [0.4, 0.5) is 13.2 Å². The van der Waals surface area contributed by atoms with Crippen molar-refractivity contribution in [1.29, 1.82) is 0 Å². The summed E-state index contributed by atoms with van der Waals surface area (Å²) in [6.45, 7) is -1.31. The van der Waals surface area contributed by atoms with Gasteiger partial charge in [-0.2, -0.15) is 13.2 Å². The molecule has 0 bridgehead atoms. The van der Waals surface area contributed by atoms with Gasteiger partial charge < -0.3 is 14.4 Å². The van der Waals surface area contributed by atoms with Gasteiger partial charge in [0.25, 0.3) is 0 Å². The smallest absolute Gasteiger partial charge is 0.422 e. The summed E-state index contributed by atoms with van der Waals surface area (Å²) in [5, 5.41) is 10.6. The minimum Gasteiger partial charge on any atom is -0.507 e. The maximum Gasteiger partial charge on any atom is 0.422 e. The first-order valence-corrected chi connectivity index (χ1v) is 7.44. The predicted molar refractivity (Wildman–Crippen MR) is 85.5 cm³/mol. The number of ether oxygens (including phenoxy) is 1. The molecular formula is C18H14F3NO3. The van der Waals surface area contributed by atoms with Crippen molar-refractivity contribution >= 4 is 16.9 Å². The number of aromatic nitrogens is 1. The lowest BCUT2D eigenvalue weighted by molar-refractivity contribution is -0.161. The summed E-state index contributed by atoms with van der Waals surface area (Å²) in [6, 6.07) is 13.9. The molecule has 0 saturated heterocycles. The van der Waals surface area contributed by atoms with E-state index in [1.807, 2.05) is 30.3 Å². The molecule has 0 radical (unpaired) electrons. The van der Waals surface area contributed by atoms with E-state index in [1.54, 1.807) is 22.9 Å². The van der Waals surface area contributed by atoms with Gasteiger partial charge in [0.15, 0.2) is 6.61 Å². The van der Waals surface area contributed by atoms with Gasteiger partial charge in [0, 0.05) is 18.1 Å². The summed E-state index contributed by atoms with van der Waals surface area (Å²) < 4.78 is 42.9. The average Bonchev–Trinajstić information content (AvgIpc) is 2.96. The number of esters is 1. The summed E-state index contributed by atoms with van der Waals surface area (Å²) in [4.78, 5) is 12.1. The Morgan fingerprint density at radius 3 is 2.48 bits per heavy atom. The average molecular weight is 349 g/mol. The molecule has 0 unspecified atom stereocenters. The van der Waals surface area contributed by atoms with Crippen LogP contribution in [-0.2, 0) is 11.3 Å². The topological polar surface area (TPSA) is 51.5 Å². The van der Waals surface area contributed by atoms with Gasteiger partial charge in [0.2, 0.25) is 0 Å². The molecule has 3 aromatic rings. The molecule has 1 N–H and O–H groups in total. The van der Waals surface area contributed by atoms with Crippen LogP contribution in [0.15, 0.2) is 54.7 Å². The van der Waals surface area contributed by atoms with Gasteiger partial charge in [-0.05, 0) is 23.8 Å². The highest BCUT2D eigenvalue weighted by atomic mass is 19.4. The fourth-order valence-electron chi connectivity index (χ4n) is 2.62. The molecule has 25 heavy (non-hydrogen) atoms. The minimum atomic E-state index is -4.63. The highest BCUT2D eigenvalue weighted by Gasteiger charge is 2.31. The van der Waals surface area contributed by atoms with E-state index in [-0.39, 0.29) is 5.56 Å². The molecule has 0 atom stereocenters. The van der Waals surface area contributed by atoms with Crippen LogP contribution in [0.3, 0.4) is 0 Å². The first kappa shape index (κ1) is 16.9. The molecule has 130 valence electrons. The number of rotatable bonds is 4. The summed E-state index contributed by atoms with van der Waals surface area (Å²) in [5.41, 5.74) is 0.997. The molecule has 4 nitrogen and oxygen atoms in total. The lowest BCUT2D eigenvalue weighted by Gasteiger charge is -2.12. The van der Waals surface area contributed by atoms with Crippen LogP contribution in [0.5, 0.6) is 5.75 Å². The zero-order valence-corrected chi connectivity index (χ0v) is 13.0. The van der Waals surface area contributed by atoms with Gasteiger partial charge in [-0.3, -0.25) is 0 Å². The lowest BCUT2D eigenvalue weighted by Crippen LogP contribution is -2.21. The molecule has 0 aliphatic carbocycles. The van der Waals surface area contributed by atoms with E-state index >= 15 is 0 Å². The fourth-order valence-corrected chi connectivity index (χ4v) is 2.62. The normalized spacial score (nSPS) is 11.6. The molecule has 0 saturated carbocycles. The second-order valence-electron chi connectivity index (χ2n) is 5.52. The molecule has 7 heteroatoms.